The topological polar surface area (TPSA) is 52.9 Å². The van der Waals surface area contributed by atoms with Crippen molar-refractivity contribution in [3.8, 4) is 0 Å². The first-order valence-electron chi connectivity index (χ1n) is 7.64. The third kappa shape index (κ3) is 3.72. The van der Waals surface area contributed by atoms with Gasteiger partial charge in [-0.1, -0.05) is 31.4 Å². The molecule has 1 atom stereocenters. The molecular formula is C16H18ClF3N2O2. The lowest BCUT2D eigenvalue weighted by molar-refractivity contribution is -0.297. The molecule has 1 aliphatic heterocycles. The molecule has 1 aromatic carbocycles. The molecule has 0 radical (unpaired) electrons. The number of alkyl halides is 3. The standard InChI is InChI=1S/C16H18ClF3N2O2/c1-2-3-4-5-13-10-15(24,16(18,19)20)22(21-13)14(23)11-6-8-12(17)9-7-11/h6-9,24H,2-5,10H2,1H3. The zero-order valence-corrected chi connectivity index (χ0v) is 13.9. The van der Waals surface area contributed by atoms with Gasteiger partial charge in [0.15, 0.2) is 0 Å². The quantitative estimate of drug-likeness (QED) is 0.790. The fraction of sp³-hybridized carbons (Fsp3) is 0.500. The molecule has 1 heterocycles. The van der Waals surface area contributed by atoms with Crippen molar-refractivity contribution < 1.29 is 23.1 Å². The van der Waals surface area contributed by atoms with Crippen LogP contribution in [0.5, 0.6) is 0 Å². The van der Waals surface area contributed by atoms with E-state index in [2.05, 4.69) is 5.10 Å². The van der Waals surface area contributed by atoms with Crippen molar-refractivity contribution >= 4 is 23.2 Å². The summed E-state index contributed by atoms with van der Waals surface area (Å²) in [5.41, 5.74) is -3.17. The van der Waals surface area contributed by atoms with Gasteiger partial charge in [-0.25, -0.2) is 0 Å². The second kappa shape index (κ2) is 7.11. The molecule has 1 amide bonds. The van der Waals surface area contributed by atoms with Gasteiger partial charge in [-0.15, -0.1) is 0 Å². The number of hydrazone groups is 1. The number of hydrogen-bond donors (Lipinski definition) is 1. The average Bonchev–Trinajstić information content (AvgIpc) is 2.85. The van der Waals surface area contributed by atoms with E-state index in [-0.39, 0.29) is 16.3 Å². The van der Waals surface area contributed by atoms with Crippen LogP contribution in [0.1, 0.15) is 49.4 Å². The summed E-state index contributed by atoms with van der Waals surface area (Å²) in [5.74, 6) is -1.02. The van der Waals surface area contributed by atoms with Crippen molar-refractivity contribution in [1.82, 2.24) is 5.01 Å². The van der Waals surface area contributed by atoms with Crippen molar-refractivity contribution in [2.75, 3.05) is 0 Å². The van der Waals surface area contributed by atoms with E-state index in [0.29, 0.717) is 17.9 Å². The van der Waals surface area contributed by atoms with Gasteiger partial charge in [-0.2, -0.15) is 23.3 Å². The number of amides is 1. The number of aliphatic hydroxyl groups is 1. The summed E-state index contributed by atoms with van der Waals surface area (Å²) in [6.45, 7) is 1.97. The van der Waals surface area contributed by atoms with Crippen molar-refractivity contribution in [2.45, 2.75) is 50.9 Å². The second-order valence-corrected chi connectivity index (χ2v) is 6.17. The van der Waals surface area contributed by atoms with Crippen LogP contribution in [0.25, 0.3) is 0 Å². The van der Waals surface area contributed by atoms with Crippen LogP contribution in [-0.2, 0) is 0 Å². The Morgan fingerprint density at radius 3 is 2.50 bits per heavy atom. The maximum atomic E-state index is 13.4. The monoisotopic (exact) mass is 362 g/mol. The molecule has 0 bridgehead atoms. The minimum Gasteiger partial charge on any atom is -0.362 e. The van der Waals surface area contributed by atoms with Crippen LogP contribution in [0.4, 0.5) is 13.2 Å². The van der Waals surface area contributed by atoms with Gasteiger partial charge >= 0.3 is 6.18 Å². The Balaban J connectivity index is 2.30. The highest BCUT2D eigenvalue weighted by molar-refractivity contribution is 6.30. The van der Waals surface area contributed by atoms with E-state index in [1.54, 1.807) is 0 Å². The van der Waals surface area contributed by atoms with Crippen molar-refractivity contribution in [3.05, 3.63) is 34.9 Å². The van der Waals surface area contributed by atoms with Crippen LogP contribution >= 0.6 is 11.6 Å². The minimum atomic E-state index is -5.01. The molecule has 8 heteroatoms. The maximum absolute atomic E-state index is 13.4. The van der Waals surface area contributed by atoms with Gasteiger partial charge in [0.25, 0.3) is 11.6 Å². The van der Waals surface area contributed by atoms with Crippen LogP contribution in [0.3, 0.4) is 0 Å². The molecule has 0 fully saturated rings. The zero-order valence-electron chi connectivity index (χ0n) is 13.1. The highest BCUT2D eigenvalue weighted by Gasteiger charge is 2.63. The summed E-state index contributed by atoms with van der Waals surface area (Å²) in [6.07, 6.45) is -3.01. The lowest BCUT2D eigenvalue weighted by Crippen LogP contribution is -2.56. The number of nitrogens with zero attached hydrogens (tertiary/aromatic N) is 2. The molecule has 0 aromatic heterocycles. The number of unbranched alkanes of at least 4 members (excludes halogenated alkanes) is 2. The summed E-state index contributed by atoms with van der Waals surface area (Å²) in [6, 6.07) is 5.38. The highest BCUT2D eigenvalue weighted by atomic mass is 35.5. The van der Waals surface area contributed by atoms with Gasteiger partial charge in [0.2, 0.25) is 0 Å². The SMILES string of the molecule is CCCCCC1=NN(C(=O)c2ccc(Cl)cc2)C(O)(C(F)(F)F)C1. The van der Waals surface area contributed by atoms with Crippen LogP contribution in [0, 0.1) is 0 Å². The van der Waals surface area contributed by atoms with Gasteiger partial charge in [0, 0.05) is 22.7 Å². The van der Waals surface area contributed by atoms with Gasteiger partial charge in [-0.3, -0.25) is 4.79 Å². The van der Waals surface area contributed by atoms with Gasteiger partial charge < -0.3 is 5.11 Å². The molecule has 0 saturated carbocycles. The van der Waals surface area contributed by atoms with Gasteiger partial charge in [-0.05, 0) is 37.1 Å². The van der Waals surface area contributed by atoms with Gasteiger partial charge in [0.05, 0.1) is 0 Å². The summed E-state index contributed by atoms with van der Waals surface area (Å²) in [4.78, 5) is 12.4. The lowest BCUT2D eigenvalue weighted by Gasteiger charge is -2.32. The fourth-order valence-electron chi connectivity index (χ4n) is 2.48. The number of carbonyl (C=O) groups excluding carboxylic acids is 1. The predicted molar refractivity (Wildman–Crippen MR) is 84.8 cm³/mol. The van der Waals surface area contributed by atoms with Crippen LogP contribution in [0.15, 0.2) is 29.4 Å². The van der Waals surface area contributed by atoms with E-state index in [0.717, 1.165) is 12.8 Å². The first-order chi connectivity index (χ1) is 11.2. The number of benzene rings is 1. The third-order valence-corrected chi connectivity index (χ3v) is 4.10. The first-order valence-corrected chi connectivity index (χ1v) is 8.02. The lowest BCUT2D eigenvalue weighted by atomic mass is 10.0. The fourth-order valence-corrected chi connectivity index (χ4v) is 2.61. The number of rotatable bonds is 5. The Kier molecular flexibility index (Phi) is 5.55. The van der Waals surface area contributed by atoms with E-state index in [1.165, 1.54) is 24.3 Å². The summed E-state index contributed by atoms with van der Waals surface area (Å²) < 4.78 is 40.1. The van der Waals surface area contributed by atoms with Crippen LogP contribution in [0.2, 0.25) is 5.02 Å². The molecule has 1 N–H and O–H groups in total. The molecule has 1 aliphatic rings. The molecule has 0 spiro atoms. The number of hydrogen-bond acceptors (Lipinski definition) is 3. The third-order valence-electron chi connectivity index (χ3n) is 3.85. The second-order valence-electron chi connectivity index (χ2n) is 5.74. The Morgan fingerprint density at radius 2 is 1.96 bits per heavy atom. The van der Waals surface area contributed by atoms with E-state index in [4.69, 9.17) is 11.6 Å². The Morgan fingerprint density at radius 1 is 1.33 bits per heavy atom. The normalized spacial score (nSPS) is 21.1. The molecule has 2 rings (SSSR count). The summed E-state index contributed by atoms with van der Waals surface area (Å²) in [7, 11) is 0. The summed E-state index contributed by atoms with van der Waals surface area (Å²) in [5, 5.41) is 14.4. The largest absolute Gasteiger partial charge is 0.438 e. The first kappa shape index (κ1) is 18.7. The van der Waals surface area contributed by atoms with Crippen LogP contribution in [-0.4, -0.2) is 33.6 Å². The molecule has 1 unspecified atom stereocenters. The van der Waals surface area contributed by atoms with Crippen LogP contribution < -0.4 is 0 Å². The van der Waals surface area contributed by atoms with Crippen molar-refractivity contribution in [1.29, 1.82) is 0 Å². The van der Waals surface area contributed by atoms with Gasteiger partial charge in [0.1, 0.15) is 0 Å². The zero-order chi connectivity index (χ0) is 18.0. The Bertz CT molecular complexity index is 631. The molecule has 4 nitrogen and oxygen atoms in total. The molecule has 1 aromatic rings. The summed E-state index contributed by atoms with van der Waals surface area (Å²) >= 11 is 5.72. The maximum Gasteiger partial charge on any atom is 0.438 e. The Hall–Kier alpha value is -1.60. The smallest absolute Gasteiger partial charge is 0.362 e. The van der Waals surface area contributed by atoms with E-state index < -0.39 is 24.2 Å². The van der Waals surface area contributed by atoms with E-state index in [1.807, 2.05) is 6.92 Å². The number of carbonyl (C=O) groups is 1. The Labute approximate surface area is 142 Å². The predicted octanol–water partition coefficient (Wildman–Crippen LogP) is 4.37. The van der Waals surface area contributed by atoms with Crippen molar-refractivity contribution in [2.24, 2.45) is 5.10 Å². The molecular weight excluding hydrogens is 345 g/mol. The van der Waals surface area contributed by atoms with E-state index >= 15 is 0 Å². The number of halogens is 4. The molecule has 24 heavy (non-hydrogen) atoms. The highest BCUT2D eigenvalue weighted by Crippen LogP contribution is 2.41. The molecule has 0 aliphatic carbocycles. The minimum absolute atomic E-state index is 0.0272. The van der Waals surface area contributed by atoms with E-state index in [9.17, 15) is 23.1 Å². The average molecular weight is 363 g/mol. The van der Waals surface area contributed by atoms with Crippen molar-refractivity contribution in [3.63, 3.8) is 0 Å². The molecule has 0 saturated heterocycles. The molecule has 132 valence electrons.